The molecule has 0 aromatic heterocycles. The summed E-state index contributed by atoms with van der Waals surface area (Å²) in [4.78, 5) is 18.6. The molecular formula is C18H30N2O9S. The minimum absolute atomic E-state index is 0.0926. The van der Waals surface area contributed by atoms with Crippen LogP contribution in [0.1, 0.15) is 71.1 Å². The van der Waals surface area contributed by atoms with E-state index >= 15 is 0 Å². The zero-order valence-corrected chi connectivity index (χ0v) is 17.9. The van der Waals surface area contributed by atoms with Crippen molar-refractivity contribution in [1.82, 2.24) is 0 Å². The number of benzene rings is 1. The lowest BCUT2D eigenvalue weighted by Gasteiger charge is -2.02. The van der Waals surface area contributed by atoms with E-state index in [2.05, 4.69) is 11.1 Å². The van der Waals surface area contributed by atoms with Crippen LogP contribution < -0.4 is 0 Å². The molecule has 172 valence electrons. The highest BCUT2D eigenvalue weighted by atomic mass is 32.3. The fourth-order valence-electron chi connectivity index (χ4n) is 2.61. The molecule has 1 aromatic rings. The summed E-state index contributed by atoms with van der Waals surface area (Å²) in [5.74, 6) is -0.709. The molecule has 0 saturated heterocycles. The van der Waals surface area contributed by atoms with Gasteiger partial charge in [-0.1, -0.05) is 70.8 Å². The van der Waals surface area contributed by atoms with Crippen LogP contribution in [0.3, 0.4) is 0 Å². The van der Waals surface area contributed by atoms with Crippen LogP contribution in [0.5, 0.6) is 5.75 Å². The minimum atomic E-state index is -4.23. The maximum Gasteiger partial charge on any atom is 0.397 e. The lowest BCUT2D eigenvalue weighted by Crippen LogP contribution is -2.04. The first kappa shape index (κ1) is 27.7. The number of aromatic hydroxyl groups is 1. The Labute approximate surface area is 176 Å². The first-order chi connectivity index (χ1) is 14.1. The van der Waals surface area contributed by atoms with Gasteiger partial charge in [-0.2, -0.15) is 8.42 Å². The highest BCUT2D eigenvalue weighted by Crippen LogP contribution is 2.34. The Morgan fingerprint density at radius 3 is 1.80 bits per heavy atom. The predicted molar refractivity (Wildman–Crippen MR) is 111 cm³/mol. The molecule has 0 amide bonds. The molecule has 0 fully saturated rings. The van der Waals surface area contributed by atoms with Crippen molar-refractivity contribution in [1.29, 1.82) is 0 Å². The minimum Gasteiger partial charge on any atom is -0.502 e. The number of nitro benzene ring substituents is 2. The summed E-state index contributed by atoms with van der Waals surface area (Å²) in [7, 11) is -4.23. The van der Waals surface area contributed by atoms with Crippen LogP contribution in [0.25, 0.3) is 0 Å². The Kier molecular flexibility index (Phi) is 14.3. The molecule has 0 unspecified atom stereocenters. The van der Waals surface area contributed by atoms with E-state index in [0.29, 0.717) is 6.42 Å². The summed E-state index contributed by atoms with van der Waals surface area (Å²) in [5.41, 5.74) is -1.60. The Hall–Kier alpha value is -2.31. The molecule has 0 aliphatic rings. The quantitative estimate of drug-likeness (QED) is 0.172. The van der Waals surface area contributed by atoms with Crippen molar-refractivity contribution < 1.29 is 32.1 Å². The van der Waals surface area contributed by atoms with Crippen molar-refractivity contribution >= 4 is 21.8 Å². The number of unbranched alkanes of at least 4 members (excludes halogenated alkanes) is 9. The number of rotatable bonds is 14. The molecule has 11 nitrogen and oxygen atoms in total. The summed E-state index contributed by atoms with van der Waals surface area (Å²) in [6, 6.07) is 3.14. The van der Waals surface area contributed by atoms with Crippen LogP contribution in [0.2, 0.25) is 0 Å². The molecule has 12 heteroatoms. The monoisotopic (exact) mass is 450 g/mol. The number of hydrogen-bond acceptors (Lipinski definition) is 8. The molecule has 1 rings (SSSR count). The Morgan fingerprint density at radius 1 is 0.900 bits per heavy atom. The number of nitrogens with zero attached hydrogens (tertiary/aromatic N) is 2. The smallest absolute Gasteiger partial charge is 0.397 e. The van der Waals surface area contributed by atoms with E-state index in [9.17, 15) is 28.6 Å². The van der Waals surface area contributed by atoms with Gasteiger partial charge in [0.05, 0.1) is 16.5 Å². The summed E-state index contributed by atoms with van der Waals surface area (Å²) in [6.07, 6.45) is 11.9. The van der Waals surface area contributed by atoms with Crippen LogP contribution in [-0.2, 0) is 14.6 Å². The normalized spacial score (nSPS) is 10.9. The number of para-hydroxylation sites is 1. The predicted octanol–water partition coefficient (Wildman–Crippen LogP) is 4.94. The van der Waals surface area contributed by atoms with Gasteiger partial charge in [0, 0.05) is 6.07 Å². The fraction of sp³-hybridized carbons (Fsp3) is 0.667. The third kappa shape index (κ3) is 13.8. The molecule has 2 N–H and O–H groups in total. The second kappa shape index (κ2) is 15.5. The summed E-state index contributed by atoms with van der Waals surface area (Å²) < 4.78 is 33.0. The van der Waals surface area contributed by atoms with Crippen LogP contribution >= 0.6 is 0 Å². The molecule has 0 atom stereocenters. The molecule has 0 spiro atoms. The number of hydrogen-bond donors (Lipinski definition) is 2. The largest absolute Gasteiger partial charge is 0.502 e. The lowest BCUT2D eigenvalue weighted by molar-refractivity contribution is -0.423. The summed E-state index contributed by atoms with van der Waals surface area (Å²) >= 11 is 0. The van der Waals surface area contributed by atoms with Gasteiger partial charge in [-0.25, -0.2) is 4.18 Å². The van der Waals surface area contributed by atoms with Gasteiger partial charge < -0.3 is 5.11 Å². The highest BCUT2D eigenvalue weighted by molar-refractivity contribution is 7.80. The van der Waals surface area contributed by atoms with Crippen LogP contribution in [0.4, 0.5) is 11.4 Å². The molecular weight excluding hydrogens is 420 g/mol. The zero-order chi connectivity index (χ0) is 23.0. The van der Waals surface area contributed by atoms with E-state index in [-0.39, 0.29) is 6.61 Å². The van der Waals surface area contributed by atoms with Crippen LogP contribution in [-0.4, -0.2) is 34.5 Å². The highest BCUT2D eigenvalue weighted by Gasteiger charge is 2.27. The zero-order valence-electron chi connectivity index (χ0n) is 17.1. The van der Waals surface area contributed by atoms with E-state index in [4.69, 9.17) is 9.66 Å². The van der Waals surface area contributed by atoms with E-state index in [0.717, 1.165) is 25.0 Å². The van der Waals surface area contributed by atoms with Gasteiger partial charge in [0.15, 0.2) is 0 Å². The first-order valence-corrected chi connectivity index (χ1v) is 11.2. The van der Waals surface area contributed by atoms with Crippen molar-refractivity contribution in [2.24, 2.45) is 0 Å². The van der Waals surface area contributed by atoms with Crippen molar-refractivity contribution in [3.05, 3.63) is 38.4 Å². The molecule has 0 aliphatic heterocycles. The van der Waals surface area contributed by atoms with Crippen molar-refractivity contribution in [2.75, 3.05) is 6.61 Å². The van der Waals surface area contributed by atoms with Gasteiger partial charge in [0.25, 0.3) is 0 Å². The van der Waals surface area contributed by atoms with Gasteiger partial charge in [0.1, 0.15) is 0 Å². The average Bonchev–Trinajstić information content (AvgIpc) is 2.65. The standard InChI is InChI=1S/C12H26O4S.C6H4N2O5/c1-2-3-4-5-6-7-8-9-10-11-12-16-17(13,14)15;9-5-3-1-2-4(7(10)11)6(5)8(12)13/h2-12H2,1H3,(H,13,14,15);1-3,9H. The molecule has 0 radical (unpaired) electrons. The average molecular weight is 451 g/mol. The summed E-state index contributed by atoms with van der Waals surface area (Å²) in [5, 5.41) is 29.5. The lowest BCUT2D eigenvalue weighted by atomic mass is 10.1. The third-order valence-electron chi connectivity index (χ3n) is 4.10. The van der Waals surface area contributed by atoms with Crippen molar-refractivity contribution in [2.45, 2.75) is 71.1 Å². The topological polar surface area (TPSA) is 170 Å². The molecule has 0 heterocycles. The molecule has 0 bridgehead atoms. The van der Waals surface area contributed by atoms with Gasteiger partial charge in [-0.3, -0.25) is 24.8 Å². The Balaban J connectivity index is 0.000000579. The SMILES string of the molecule is CCCCCCCCCCCCOS(=O)(=O)O.O=[N+]([O-])c1cccc(O)c1[N+](=O)[O-]. The van der Waals surface area contributed by atoms with E-state index in [1.807, 2.05) is 0 Å². The van der Waals surface area contributed by atoms with Crippen LogP contribution in [0, 0.1) is 20.2 Å². The van der Waals surface area contributed by atoms with E-state index < -0.39 is 37.4 Å². The molecule has 0 aliphatic carbocycles. The maximum atomic E-state index is 10.3. The van der Waals surface area contributed by atoms with Crippen molar-refractivity contribution in [3.8, 4) is 5.75 Å². The van der Waals surface area contributed by atoms with Crippen molar-refractivity contribution in [3.63, 3.8) is 0 Å². The number of phenolic OH excluding ortho intramolecular Hbond substituents is 1. The fourth-order valence-corrected chi connectivity index (χ4v) is 2.94. The third-order valence-corrected chi connectivity index (χ3v) is 4.57. The van der Waals surface area contributed by atoms with Gasteiger partial charge in [-0.15, -0.1) is 0 Å². The first-order valence-electron chi connectivity index (χ1n) is 9.82. The van der Waals surface area contributed by atoms with Gasteiger partial charge >= 0.3 is 21.8 Å². The molecule has 1 aromatic carbocycles. The second-order valence-corrected chi connectivity index (χ2v) is 7.68. The number of nitro groups is 2. The Bertz CT molecular complexity index is 754. The van der Waals surface area contributed by atoms with E-state index in [1.54, 1.807) is 0 Å². The van der Waals surface area contributed by atoms with Crippen LogP contribution in [0.15, 0.2) is 18.2 Å². The van der Waals surface area contributed by atoms with Gasteiger partial charge in [-0.05, 0) is 12.5 Å². The molecule has 30 heavy (non-hydrogen) atoms. The summed E-state index contributed by atoms with van der Waals surface area (Å²) in [6.45, 7) is 2.31. The maximum absolute atomic E-state index is 10.3. The van der Waals surface area contributed by atoms with Gasteiger partial charge in [0.2, 0.25) is 5.75 Å². The van der Waals surface area contributed by atoms with E-state index in [1.165, 1.54) is 51.0 Å². The second-order valence-electron chi connectivity index (χ2n) is 6.59. The Morgan fingerprint density at radius 2 is 1.40 bits per heavy atom. The number of phenols is 1. The molecule has 0 saturated carbocycles.